The van der Waals surface area contributed by atoms with Crippen LogP contribution in [0.1, 0.15) is 61.4 Å². The van der Waals surface area contributed by atoms with Crippen molar-refractivity contribution in [3.05, 3.63) is 41.5 Å². The van der Waals surface area contributed by atoms with Gasteiger partial charge >= 0.3 is 0 Å². The van der Waals surface area contributed by atoms with E-state index in [1.54, 1.807) is 24.3 Å². The minimum atomic E-state index is -0.0722. The van der Waals surface area contributed by atoms with Gasteiger partial charge in [-0.25, -0.2) is 0 Å². The Morgan fingerprint density at radius 1 is 1.13 bits per heavy atom. The lowest BCUT2D eigenvalue weighted by molar-refractivity contribution is -0.116. The molecule has 2 rings (SSSR count). The number of unbranched alkanes of at least 4 members (excludes halogenated alkanes) is 3. The Labute approximate surface area is 138 Å². The van der Waals surface area contributed by atoms with Gasteiger partial charge in [0, 0.05) is 24.2 Å². The Bertz CT molecular complexity index is 545. The lowest BCUT2D eigenvalue weighted by Crippen LogP contribution is -2.25. The van der Waals surface area contributed by atoms with E-state index in [1.807, 2.05) is 12.1 Å². The Kier molecular flexibility index (Phi) is 6.85. The molecule has 0 bridgehead atoms. The van der Waals surface area contributed by atoms with Gasteiger partial charge in [-0.05, 0) is 43.0 Å². The molecule has 1 aliphatic carbocycles. The summed E-state index contributed by atoms with van der Waals surface area (Å²) in [4.78, 5) is 23.6. The Morgan fingerprint density at radius 3 is 2.52 bits per heavy atom. The quantitative estimate of drug-likeness (QED) is 0.543. The number of carbonyl (C=O) groups is 2. The monoisotopic (exact) mass is 314 g/mol. The highest BCUT2D eigenvalue weighted by atomic mass is 16.2. The zero-order valence-corrected chi connectivity index (χ0v) is 13.8. The Morgan fingerprint density at radius 2 is 1.87 bits per heavy atom. The molecule has 0 heterocycles. The zero-order valence-electron chi connectivity index (χ0n) is 13.8. The molecule has 1 fully saturated rings. The molecule has 23 heavy (non-hydrogen) atoms. The van der Waals surface area contributed by atoms with Crippen molar-refractivity contribution < 1.29 is 9.59 Å². The molecule has 0 atom stereocenters. The average Bonchev–Trinajstić information content (AvgIpc) is 3.37. The second-order valence-electron chi connectivity index (χ2n) is 6.05. The highest BCUT2D eigenvalue weighted by Gasteiger charge is 2.23. The summed E-state index contributed by atoms with van der Waals surface area (Å²) >= 11 is 0. The van der Waals surface area contributed by atoms with Crippen molar-refractivity contribution in [2.24, 2.45) is 0 Å². The fourth-order valence-corrected chi connectivity index (χ4v) is 2.24. The van der Waals surface area contributed by atoms with Crippen LogP contribution in [-0.4, -0.2) is 24.4 Å². The molecule has 2 N–H and O–H groups in total. The van der Waals surface area contributed by atoms with Crippen LogP contribution in [0.4, 0.5) is 0 Å². The van der Waals surface area contributed by atoms with E-state index in [0.29, 0.717) is 11.6 Å². The summed E-state index contributed by atoms with van der Waals surface area (Å²) in [6.45, 7) is 2.89. The molecule has 0 unspecified atom stereocenters. The molecule has 124 valence electrons. The predicted molar refractivity (Wildman–Crippen MR) is 93.1 cm³/mol. The molecule has 1 aromatic carbocycles. The fraction of sp³-hybridized carbons (Fsp3) is 0.474. The minimum Gasteiger partial charge on any atom is -0.353 e. The topological polar surface area (TPSA) is 58.2 Å². The third kappa shape index (κ3) is 6.68. The first-order chi connectivity index (χ1) is 11.2. The van der Waals surface area contributed by atoms with Gasteiger partial charge in [0.1, 0.15) is 0 Å². The van der Waals surface area contributed by atoms with Crippen molar-refractivity contribution in [3.8, 4) is 0 Å². The van der Waals surface area contributed by atoms with E-state index in [4.69, 9.17) is 0 Å². The van der Waals surface area contributed by atoms with Gasteiger partial charge in [0.15, 0.2) is 0 Å². The Hall–Kier alpha value is -2.10. The number of amides is 2. The summed E-state index contributed by atoms with van der Waals surface area (Å²) in [5, 5.41) is 5.84. The molecule has 1 saturated carbocycles. The molecule has 0 spiro atoms. The molecular formula is C19H26N2O2. The van der Waals surface area contributed by atoms with Gasteiger partial charge in [-0.15, -0.1) is 0 Å². The molecule has 0 aliphatic heterocycles. The van der Waals surface area contributed by atoms with E-state index in [0.717, 1.165) is 37.8 Å². The van der Waals surface area contributed by atoms with Gasteiger partial charge in [-0.1, -0.05) is 38.3 Å². The molecule has 0 aromatic heterocycles. The van der Waals surface area contributed by atoms with Gasteiger partial charge < -0.3 is 10.6 Å². The van der Waals surface area contributed by atoms with Crippen LogP contribution in [-0.2, 0) is 4.79 Å². The van der Waals surface area contributed by atoms with Gasteiger partial charge in [0.05, 0.1) is 0 Å². The molecular weight excluding hydrogens is 288 g/mol. The molecule has 1 aliphatic rings. The number of carbonyl (C=O) groups excluding carboxylic acids is 2. The fourth-order valence-electron chi connectivity index (χ4n) is 2.24. The van der Waals surface area contributed by atoms with Gasteiger partial charge in [0.2, 0.25) is 5.91 Å². The molecule has 1 aromatic rings. The van der Waals surface area contributed by atoms with Crippen LogP contribution < -0.4 is 10.6 Å². The Balaban J connectivity index is 1.73. The van der Waals surface area contributed by atoms with Crippen molar-refractivity contribution in [3.63, 3.8) is 0 Å². The first-order valence-corrected chi connectivity index (χ1v) is 8.56. The van der Waals surface area contributed by atoms with E-state index < -0.39 is 0 Å². The molecule has 4 heteroatoms. The zero-order chi connectivity index (χ0) is 16.5. The maximum absolute atomic E-state index is 11.9. The summed E-state index contributed by atoms with van der Waals surface area (Å²) < 4.78 is 0. The third-order valence-electron chi connectivity index (χ3n) is 3.84. The first kappa shape index (κ1) is 17.3. The largest absolute Gasteiger partial charge is 0.353 e. The van der Waals surface area contributed by atoms with E-state index in [9.17, 15) is 9.59 Å². The summed E-state index contributed by atoms with van der Waals surface area (Å²) in [7, 11) is 0. The lowest BCUT2D eigenvalue weighted by atomic mass is 10.1. The summed E-state index contributed by atoms with van der Waals surface area (Å²) in [6.07, 6.45) is 10.1. The summed E-state index contributed by atoms with van der Waals surface area (Å²) in [5.74, 6) is -0.0927. The minimum absolute atomic E-state index is 0.0205. The van der Waals surface area contributed by atoms with Crippen molar-refractivity contribution in [1.82, 2.24) is 10.6 Å². The maximum atomic E-state index is 11.9. The average molecular weight is 314 g/mol. The number of rotatable bonds is 9. The maximum Gasteiger partial charge on any atom is 0.251 e. The van der Waals surface area contributed by atoms with Crippen LogP contribution in [0, 0.1) is 0 Å². The van der Waals surface area contributed by atoms with Gasteiger partial charge in [-0.3, -0.25) is 9.59 Å². The van der Waals surface area contributed by atoms with E-state index in [1.165, 1.54) is 12.8 Å². The highest BCUT2D eigenvalue weighted by molar-refractivity contribution is 5.95. The smallest absolute Gasteiger partial charge is 0.251 e. The molecule has 0 radical (unpaired) electrons. The number of hydrogen-bond acceptors (Lipinski definition) is 2. The van der Waals surface area contributed by atoms with Crippen molar-refractivity contribution in [2.45, 2.75) is 51.5 Å². The van der Waals surface area contributed by atoms with Crippen molar-refractivity contribution in [1.29, 1.82) is 0 Å². The predicted octanol–water partition coefficient (Wildman–Crippen LogP) is 3.29. The summed E-state index contributed by atoms with van der Waals surface area (Å²) in [6, 6.07) is 7.66. The van der Waals surface area contributed by atoms with Crippen LogP contribution in [0.3, 0.4) is 0 Å². The number of hydrogen-bond donors (Lipinski definition) is 2. The second kappa shape index (κ2) is 9.13. The standard InChI is InChI=1S/C19H26N2O2/c1-2-3-4-5-14-20-18(22)13-8-15-6-9-16(10-7-15)19(23)21-17-11-12-17/h6-10,13,17H,2-5,11-12,14H2,1H3,(H,20,22)(H,21,23)/b13-8+. The van der Waals surface area contributed by atoms with Gasteiger partial charge in [0.25, 0.3) is 5.91 Å². The lowest BCUT2D eigenvalue weighted by Gasteiger charge is -2.03. The first-order valence-electron chi connectivity index (χ1n) is 8.56. The van der Waals surface area contributed by atoms with Crippen molar-refractivity contribution in [2.75, 3.05) is 6.54 Å². The number of nitrogens with one attached hydrogen (secondary N) is 2. The molecule has 4 nitrogen and oxygen atoms in total. The van der Waals surface area contributed by atoms with Crippen LogP contribution >= 0.6 is 0 Å². The SMILES string of the molecule is CCCCCCNC(=O)/C=C/c1ccc(C(=O)NC2CC2)cc1. The van der Waals surface area contributed by atoms with Crippen LogP contribution in [0.5, 0.6) is 0 Å². The van der Waals surface area contributed by atoms with Crippen LogP contribution in [0.15, 0.2) is 30.3 Å². The van der Waals surface area contributed by atoms with E-state index in [-0.39, 0.29) is 11.8 Å². The summed E-state index contributed by atoms with van der Waals surface area (Å²) in [5.41, 5.74) is 1.57. The second-order valence-corrected chi connectivity index (χ2v) is 6.05. The van der Waals surface area contributed by atoms with E-state index in [2.05, 4.69) is 17.6 Å². The normalized spacial score (nSPS) is 14.0. The van der Waals surface area contributed by atoms with Crippen LogP contribution in [0.25, 0.3) is 6.08 Å². The number of benzene rings is 1. The van der Waals surface area contributed by atoms with E-state index >= 15 is 0 Å². The highest BCUT2D eigenvalue weighted by Crippen LogP contribution is 2.19. The van der Waals surface area contributed by atoms with Crippen molar-refractivity contribution >= 4 is 17.9 Å². The van der Waals surface area contributed by atoms with Crippen LogP contribution in [0.2, 0.25) is 0 Å². The third-order valence-corrected chi connectivity index (χ3v) is 3.84. The molecule has 0 saturated heterocycles. The molecule has 2 amide bonds. The van der Waals surface area contributed by atoms with Gasteiger partial charge in [-0.2, -0.15) is 0 Å².